The van der Waals surface area contributed by atoms with Gasteiger partial charge in [-0.15, -0.1) is 0 Å². The first kappa shape index (κ1) is 12.0. The van der Waals surface area contributed by atoms with E-state index in [9.17, 15) is 4.79 Å². The maximum atomic E-state index is 12.0. The molecule has 0 atom stereocenters. The maximum Gasteiger partial charge on any atom is 0.189 e. The third-order valence-corrected chi connectivity index (χ3v) is 3.81. The molecule has 2 heterocycles. The highest BCUT2D eigenvalue weighted by molar-refractivity contribution is 7.99. The van der Waals surface area contributed by atoms with Crippen LogP contribution in [0.3, 0.4) is 0 Å². The summed E-state index contributed by atoms with van der Waals surface area (Å²) in [5, 5.41) is 0.781. The predicted octanol–water partition coefficient (Wildman–Crippen LogP) is 2.88. The number of ketones is 1. The number of thioether (sulfide) groups is 1. The van der Waals surface area contributed by atoms with Gasteiger partial charge in [0.15, 0.2) is 10.9 Å². The van der Waals surface area contributed by atoms with Crippen molar-refractivity contribution in [2.45, 2.75) is 5.16 Å². The van der Waals surface area contributed by atoms with Gasteiger partial charge in [0.2, 0.25) is 0 Å². The van der Waals surface area contributed by atoms with Gasteiger partial charge in [0.05, 0.1) is 22.5 Å². The van der Waals surface area contributed by atoms with Crippen molar-refractivity contribution in [2.24, 2.45) is 7.05 Å². The van der Waals surface area contributed by atoms with E-state index in [1.165, 1.54) is 11.8 Å². The summed E-state index contributed by atoms with van der Waals surface area (Å²) in [7, 11) is 1.87. The lowest BCUT2D eigenvalue weighted by molar-refractivity contribution is 0.101. The normalized spacial score (nSPS) is 11.0. The minimum Gasteiger partial charge on any atom is -0.348 e. The molecule has 3 rings (SSSR count). The molecular formula is C14H13N3OS. The number of rotatable bonds is 4. The molecule has 0 spiro atoms. The molecule has 0 bridgehead atoms. The SMILES string of the molecule is Cn1cccc1C(=O)CSc1nc2ccccc2[nH]1. The number of Topliss-reactive ketones (excluding diaryl/α,β-unsaturated/α-hetero) is 1. The van der Waals surface area contributed by atoms with E-state index in [2.05, 4.69) is 9.97 Å². The molecule has 0 aliphatic carbocycles. The second-order valence-corrected chi connectivity index (χ2v) is 5.24. The smallest absolute Gasteiger partial charge is 0.189 e. The predicted molar refractivity (Wildman–Crippen MR) is 76.6 cm³/mol. The lowest BCUT2D eigenvalue weighted by Crippen LogP contribution is -2.07. The van der Waals surface area contributed by atoms with Gasteiger partial charge >= 0.3 is 0 Å². The summed E-state index contributed by atoms with van der Waals surface area (Å²) < 4.78 is 1.83. The number of nitrogens with one attached hydrogen (secondary N) is 1. The van der Waals surface area contributed by atoms with Gasteiger partial charge in [-0.2, -0.15) is 0 Å². The first-order chi connectivity index (χ1) is 9.24. The Kier molecular flexibility index (Phi) is 3.13. The average molecular weight is 271 g/mol. The van der Waals surface area contributed by atoms with Crippen molar-refractivity contribution in [3.63, 3.8) is 0 Å². The van der Waals surface area contributed by atoms with Crippen LogP contribution in [0, 0.1) is 0 Å². The van der Waals surface area contributed by atoms with Gasteiger partial charge in [-0.25, -0.2) is 4.98 Å². The van der Waals surface area contributed by atoms with Crippen LogP contribution in [0.2, 0.25) is 0 Å². The van der Waals surface area contributed by atoms with Crippen LogP contribution in [-0.4, -0.2) is 26.1 Å². The summed E-state index contributed by atoms with van der Waals surface area (Å²) in [5.74, 6) is 0.496. The van der Waals surface area contributed by atoms with Gasteiger partial charge < -0.3 is 9.55 Å². The number of aryl methyl sites for hydroxylation is 1. The Morgan fingerprint density at radius 2 is 2.16 bits per heavy atom. The van der Waals surface area contributed by atoms with Gasteiger partial charge in [-0.05, 0) is 24.3 Å². The first-order valence-corrected chi connectivity index (χ1v) is 6.95. The lowest BCUT2D eigenvalue weighted by atomic mass is 10.3. The van der Waals surface area contributed by atoms with Crippen molar-refractivity contribution < 1.29 is 4.79 Å². The van der Waals surface area contributed by atoms with Gasteiger partial charge in [0.25, 0.3) is 0 Å². The number of aromatic nitrogens is 3. The minimum absolute atomic E-state index is 0.109. The Labute approximate surface area is 114 Å². The van der Waals surface area contributed by atoms with E-state index >= 15 is 0 Å². The number of imidazole rings is 1. The third-order valence-electron chi connectivity index (χ3n) is 2.94. The zero-order chi connectivity index (χ0) is 13.2. The molecule has 2 aromatic heterocycles. The molecule has 1 aromatic carbocycles. The zero-order valence-corrected chi connectivity index (χ0v) is 11.3. The average Bonchev–Trinajstić information content (AvgIpc) is 3.01. The molecule has 19 heavy (non-hydrogen) atoms. The van der Waals surface area contributed by atoms with Crippen LogP contribution >= 0.6 is 11.8 Å². The quantitative estimate of drug-likeness (QED) is 0.586. The highest BCUT2D eigenvalue weighted by atomic mass is 32.2. The van der Waals surface area contributed by atoms with Crippen molar-refractivity contribution in [1.29, 1.82) is 0 Å². The molecule has 0 aliphatic rings. The molecule has 96 valence electrons. The summed E-state index contributed by atoms with van der Waals surface area (Å²) in [6.07, 6.45) is 1.87. The molecule has 4 nitrogen and oxygen atoms in total. The Hall–Kier alpha value is -2.01. The monoisotopic (exact) mass is 271 g/mol. The molecule has 5 heteroatoms. The molecule has 0 aliphatic heterocycles. The van der Waals surface area contributed by atoms with E-state index in [-0.39, 0.29) is 5.78 Å². The fourth-order valence-electron chi connectivity index (χ4n) is 1.96. The van der Waals surface area contributed by atoms with E-state index in [0.29, 0.717) is 5.75 Å². The number of aromatic amines is 1. The molecule has 3 aromatic rings. The first-order valence-electron chi connectivity index (χ1n) is 5.96. The van der Waals surface area contributed by atoms with E-state index in [1.54, 1.807) is 0 Å². The number of hydrogen-bond acceptors (Lipinski definition) is 3. The van der Waals surface area contributed by atoms with Crippen molar-refractivity contribution in [3.8, 4) is 0 Å². The molecule has 1 N–H and O–H groups in total. The van der Waals surface area contributed by atoms with Crippen LogP contribution in [0.15, 0.2) is 47.8 Å². The number of para-hydroxylation sites is 2. The molecule has 0 saturated carbocycles. The topological polar surface area (TPSA) is 50.7 Å². The summed E-state index contributed by atoms with van der Waals surface area (Å²) in [5.41, 5.74) is 2.65. The van der Waals surface area contributed by atoms with Gasteiger partial charge in [-0.1, -0.05) is 23.9 Å². The number of H-pyrrole nitrogens is 1. The number of hydrogen-bond donors (Lipinski definition) is 1. The molecule has 0 amide bonds. The molecule has 0 fully saturated rings. The highest BCUT2D eigenvalue weighted by Crippen LogP contribution is 2.20. The van der Waals surface area contributed by atoms with Gasteiger partial charge in [-0.3, -0.25) is 4.79 Å². The second-order valence-electron chi connectivity index (χ2n) is 4.28. The Balaban J connectivity index is 1.72. The fourth-order valence-corrected chi connectivity index (χ4v) is 2.72. The standard InChI is InChI=1S/C14H13N3OS/c1-17-8-4-7-12(17)13(18)9-19-14-15-10-5-2-3-6-11(10)16-14/h2-8H,9H2,1H3,(H,15,16). The van der Waals surface area contributed by atoms with E-state index in [0.717, 1.165) is 21.9 Å². The zero-order valence-electron chi connectivity index (χ0n) is 10.5. The van der Waals surface area contributed by atoms with Crippen LogP contribution < -0.4 is 0 Å². The van der Waals surface area contributed by atoms with E-state index in [4.69, 9.17) is 0 Å². The van der Waals surface area contributed by atoms with Crippen molar-refractivity contribution >= 4 is 28.6 Å². The molecule has 0 radical (unpaired) electrons. The fraction of sp³-hybridized carbons (Fsp3) is 0.143. The van der Waals surface area contributed by atoms with Crippen LogP contribution in [0.1, 0.15) is 10.5 Å². The third kappa shape index (κ3) is 2.42. The van der Waals surface area contributed by atoms with E-state index in [1.807, 2.05) is 54.2 Å². The van der Waals surface area contributed by atoms with Crippen molar-refractivity contribution in [3.05, 3.63) is 48.3 Å². The number of nitrogens with zero attached hydrogens (tertiary/aromatic N) is 2. The van der Waals surface area contributed by atoms with Crippen molar-refractivity contribution in [1.82, 2.24) is 14.5 Å². The highest BCUT2D eigenvalue weighted by Gasteiger charge is 2.11. The van der Waals surface area contributed by atoms with Gasteiger partial charge in [0.1, 0.15) is 0 Å². The Bertz CT molecular complexity index is 696. The summed E-state index contributed by atoms with van der Waals surface area (Å²) in [6.45, 7) is 0. The van der Waals surface area contributed by atoms with Crippen LogP contribution in [0.25, 0.3) is 11.0 Å². The lowest BCUT2D eigenvalue weighted by Gasteiger charge is -2.00. The van der Waals surface area contributed by atoms with Gasteiger partial charge in [0, 0.05) is 13.2 Å². The van der Waals surface area contributed by atoms with Crippen LogP contribution in [-0.2, 0) is 7.05 Å². The molecule has 0 unspecified atom stereocenters. The Morgan fingerprint density at radius 1 is 1.32 bits per heavy atom. The van der Waals surface area contributed by atoms with E-state index < -0.39 is 0 Å². The number of fused-ring (bicyclic) bond motifs is 1. The molecule has 0 saturated heterocycles. The van der Waals surface area contributed by atoms with Crippen LogP contribution in [0.5, 0.6) is 0 Å². The number of benzene rings is 1. The van der Waals surface area contributed by atoms with Crippen LogP contribution in [0.4, 0.5) is 0 Å². The molecular weight excluding hydrogens is 258 g/mol. The summed E-state index contributed by atoms with van der Waals surface area (Å²) in [6, 6.07) is 11.6. The Morgan fingerprint density at radius 3 is 2.89 bits per heavy atom. The second kappa shape index (κ2) is 4.93. The summed E-state index contributed by atoms with van der Waals surface area (Å²) >= 11 is 1.43. The maximum absolute atomic E-state index is 12.0. The minimum atomic E-state index is 0.109. The number of carbonyl (C=O) groups excluding carboxylic acids is 1. The summed E-state index contributed by atoms with van der Waals surface area (Å²) in [4.78, 5) is 19.7. The number of carbonyl (C=O) groups is 1. The van der Waals surface area contributed by atoms with Crippen molar-refractivity contribution in [2.75, 3.05) is 5.75 Å². The largest absolute Gasteiger partial charge is 0.348 e.